The number of hydrogen-bond donors (Lipinski definition) is 3. The van der Waals surface area contributed by atoms with Crippen LogP contribution in [-0.4, -0.2) is 39.8 Å². The first-order valence-corrected chi connectivity index (χ1v) is 8.81. The number of benzene rings is 1. The fourth-order valence-electron chi connectivity index (χ4n) is 3.18. The summed E-state index contributed by atoms with van der Waals surface area (Å²) in [4.78, 5) is 36.0. The molecule has 1 aliphatic rings. The van der Waals surface area contributed by atoms with Crippen LogP contribution >= 0.6 is 0 Å². The third kappa shape index (κ3) is 4.30. The second-order valence-electron chi connectivity index (χ2n) is 6.61. The van der Waals surface area contributed by atoms with Gasteiger partial charge in [-0.2, -0.15) is 13.2 Å². The van der Waals surface area contributed by atoms with Crippen LogP contribution in [0.15, 0.2) is 29.1 Å². The van der Waals surface area contributed by atoms with E-state index < -0.39 is 47.0 Å². The Hall–Kier alpha value is -3.34. The molecule has 30 heavy (non-hydrogen) atoms. The number of aliphatic carboxylic acids is 1. The van der Waals surface area contributed by atoms with Crippen LogP contribution in [0, 0.1) is 0 Å². The van der Waals surface area contributed by atoms with E-state index in [2.05, 4.69) is 0 Å². The Morgan fingerprint density at radius 3 is 2.47 bits per heavy atom. The van der Waals surface area contributed by atoms with E-state index in [4.69, 9.17) is 9.84 Å². The lowest BCUT2D eigenvalue weighted by Gasteiger charge is -2.24. The Morgan fingerprint density at radius 1 is 1.20 bits per heavy atom. The maximum absolute atomic E-state index is 12.9. The van der Waals surface area contributed by atoms with Crippen molar-refractivity contribution in [2.45, 2.75) is 25.7 Å². The monoisotopic (exact) mass is 426 g/mol. The van der Waals surface area contributed by atoms with Crippen molar-refractivity contribution in [3.63, 3.8) is 0 Å². The van der Waals surface area contributed by atoms with Crippen molar-refractivity contribution < 1.29 is 37.7 Å². The molecule has 0 aliphatic carbocycles. The maximum Gasteiger partial charge on any atom is 0.416 e. The van der Waals surface area contributed by atoms with Gasteiger partial charge < -0.3 is 24.8 Å². The summed E-state index contributed by atoms with van der Waals surface area (Å²) >= 11 is 0. The molecule has 160 valence electrons. The summed E-state index contributed by atoms with van der Waals surface area (Å²) in [6.45, 7) is -0.718. The highest BCUT2D eigenvalue weighted by molar-refractivity contribution is 5.98. The topological polar surface area (TPSA) is 118 Å². The third-order valence-corrected chi connectivity index (χ3v) is 4.64. The first kappa shape index (κ1) is 21.4. The Labute approximate surface area is 167 Å². The molecule has 1 amide bonds. The van der Waals surface area contributed by atoms with Gasteiger partial charge in [-0.05, 0) is 17.7 Å². The Bertz CT molecular complexity index is 1040. The maximum atomic E-state index is 12.9. The number of pyridine rings is 1. The quantitative estimate of drug-likeness (QED) is 0.667. The smallest absolute Gasteiger partial charge is 0.416 e. The first-order chi connectivity index (χ1) is 14.1. The molecule has 3 rings (SSSR count). The summed E-state index contributed by atoms with van der Waals surface area (Å²) < 4.78 is 44.8. The van der Waals surface area contributed by atoms with E-state index in [9.17, 15) is 32.7 Å². The van der Waals surface area contributed by atoms with E-state index in [0.717, 1.165) is 16.7 Å². The SMILES string of the molecule is O=C(O)CNC(=O)c1c(O)c2c(n(Cc3ccc(C(F)(F)F)cc3)c1=O)COCC2. The van der Waals surface area contributed by atoms with E-state index in [0.29, 0.717) is 16.8 Å². The van der Waals surface area contributed by atoms with Crippen LogP contribution in [0.1, 0.15) is 32.7 Å². The molecule has 1 aliphatic heterocycles. The average Bonchev–Trinajstić information content (AvgIpc) is 2.69. The number of carboxylic acid groups (broad SMARTS) is 1. The molecule has 0 bridgehead atoms. The van der Waals surface area contributed by atoms with Crippen molar-refractivity contribution in [3.8, 4) is 5.75 Å². The number of carbonyl (C=O) groups is 2. The van der Waals surface area contributed by atoms with Gasteiger partial charge in [0.05, 0.1) is 31.0 Å². The zero-order valence-electron chi connectivity index (χ0n) is 15.5. The highest BCUT2D eigenvalue weighted by Gasteiger charge is 2.30. The number of amides is 1. The van der Waals surface area contributed by atoms with E-state index in [-0.39, 0.29) is 26.2 Å². The molecule has 0 atom stereocenters. The molecule has 2 heterocycles. The average molecular weight is 426 g/mol. The molecule has 0 unspecified atom stereocenters. The first-order valence-electron chi connectivity index (χ1n) is 8.81. The van der Waals surface area contributed by atoms with E-state index in [1.165, 1.54) is 12.1 Å². The normalized spacial score (nSPS) is 13.6. The molecule has 1 aromatic carbocycles. The number of aromatic hydroxyl groups is 1. The van der Waals surface area contributed by atoms with Gasteiger partial charge in [-0.25, -0.2) is 0 Å². The molecule has 11 heteroatoms. The second kappa shape index (κ2) is 8.19. The molecule has 1 aromatic heterocycles. The van der Waals surface area contributed by atoms with Gasteiger partial charge in [0.15, 0.2) is 0 Å². The van der Waals surface area contributed by atoms with Gasteiger partial charge >= 0.3 is 12.1 Å². The molecular formula is C19H17F3N2O6. The van der Waals surface area contributed by atoms with Crippen molar-refractivity contribution in [2.75, 3.05) is 13.2 Å². The lowest BCUT2D eigenvalue weighted by atomic mass is 10.0. The number of carboxylic acids is 1. The summed E-state index contributed by atoms with van der Waals surface area (Å²) in [6, 6.07) is 4.18. The standard InChI is InChI=1S/C19H17F3N2O6/c20-19(21,22)11-3-1-10(2-4-11)8-24-13-9-30-6-5-12(13)16(27)15(18(24)29)17(28)23-7-14(25)26/h1-4,27H,5-9H2,(H,23,28)(H,25,26). The number of halogens is 3. The number of fused-ring (bicyclic) bond motifs is 1. The van der Waals surface area contributed by atoms with Gasteiger partial charge in [0, 0.05) is 12.0 Å². The van der Waals surface area contributed by atoms with Crippen molar-refractivity contribution >= 4 is 11.9 Å². The molecule has 2 aromatic rings. The summed E-state index contributed by atoms with van der Waals surface area (Å²) in [5.41, 5.74) is -1.40. The molecule has 0 fully saturated rings. The van der Waals surface area contributed by atoms with Gasteiger partial charge in [0.1, 0.15) is 17.9 Å². The largest absolute Gasteiger partial charge is 0.507 e. The van der Waals surface area contributed by atoms with E-state index >= 15 is 0 Å². The number of nitrogens with one attached hydrogen (secondary N) is 1. The minimum Gasteiger partial charge on any atom is -0.507 e. The zero-order chi connectivity index (χ0) is 22.1. The fourth-order valence-corrected chi connectivity index (χ4v) is 3.18. The van der Waals surface area contributed by atoms with Crippen LogP contribution in [0.25, 0.3) is 0 Å². The van der Waals surface area contributed by atoms with Gasteiger partial charge in [0.25, 0.3) is 11.5 Å². The van der Waals surface area contributed by atoms with Crippen molar-refractivity contribution in [1.29, 1.82) is 0 Å². The highest BCUT2D eigenvalue weighted by Crippen LogP contribution is 2.30. The summed E-state index contributed by atoms with van der Waals surface area (Å²) in [6.07, 6.45) is -4.30. The van der Waals surface area contributed by atoms with Crippen molar-refractivity contribution in [1.82, 2.24) is 9.88 Å². The number of ether oxygens (including phenoxy) is 1. The lowest BCUT2D eigenvalue weighted by Crippen LogP contribution is -2.38. The minimum absolute atomic E-state index is 0.0320. The number of nitrogens with zero attached hydrogens (tertiary/aromatic N) is 1. The van der Waals surface area contributed by atoms with Crippen LogP contribution in [0.4, 0.5) is 13.2 Å². The number of hydrogen-bond acceptors (Lipinski definition) is 5. The number of carbonyl (C=O) groups excluding carboxylic acids is 1. The van der Waals surface area contributed by atoms with E-state index in [1.807, 2.05) is 5.32 Å². The van der Waals surface area contributed by atoms with Crippen LogP contribution in [0.2, 0.25) is 0 Å². The predicted molar refractivity (Wildman–Crippen MR) is 96.2 cm³/mol. The highest BCUT2D eigenvalue weighted by atomic mass is 19.4. The van der Waals surface area contributed by atoms with Crippen molar-refractivity contribution in [2.24, 2.45) is 0 Å². The van der Waals surface area contributed by atoms with Gasteiger partial charge in [-0.3, -0.25) is 14.4 Å². The molecule has 3 N–H and O–H groups in total. The molecule has 0 radical (unpaired) electrons. The lowest BCUT2D eigenvalue weighted by molar-refractivity contribution is -0.138. The summed E-state index contributed by atoms with van der Waals surface area (Å²) in [7, 11) is 0. The summed E-state index contributed by atoms with van der Waals surface area (Å²) in [5.74, 6) is -2.94. The predicted octanol–water partition coefficient (Wildman–Crippen LogP) is 1.51. The molecule has 0 spiro atoms. The fraction of sp³-hybridized carbons (Fsp3) is 0.316. The minimum atomic E-state index is -4.50. The van der Waals surface area contributed by atoms with E-state index in [1.54, 1.807) is 0 Å². The van der Waals surface area contributed by atoms with Crippen LogP contribution < -0.4 is 10.9 Å². The second-order valence-corrected chi connectivity index (χ2v) is 6.61. The van der Waals surface area contributed by atoms with Gasteiger partial charge in [-0.1, -0.05) is 12.1 Å². The Kier molecular flexibility index (Phi) is 5.83. The number of alkyl halides is 3. The van der Waals surface area contributed by atoms with Crippen molar-refractivity contribution in [3.05, 3.63) is 62.6 Å². The number of rotatable bonds is 5. The number of aromatic nitrogens is 1. The Balaban J connectivity index is 2.05. The van der Waals surface area contributed by atoms with Gasteiger partial charge in [0.2, 0.25) is 0 Å². The zero-order valence-corrected chi connectivity index (χ0v) is 15.5. The summed E-state index contributed by atoms with van der Waals surface area (Å²) in [5, 5.41) is 21.2. The molecule has 0 saturated carbocycles. The van der Waals surface area contributed by atoms with Crippen LogP contribution in [0.5, 0.6) is 5.75 Å². The molecular weight excluding hydrogens is 409 g/mol. The molecule has 8 nitrogen and oxygen atoms in total. The third-order valence-electron chi connectivity index (χ3n) is 4.64. The van der Waals surface area contributed by atoms with Crippen LogP contribution in [-0.2, 0) is 35.3 Å². The van der Waals surface area contributed by atoms with Crippen LogP contribution in [0.3, 0.4) is 0 Å². The van der Waals surface area contributed by atoms with Gasteiger partial charge in [-0.15, -0.1) is 0 Å². The Morgan fingerprint density at radius 2 is 1.87 bits per heavy atom. The molecule has 0 saturated heterocycles.